The van der Waals surface area contributed by atoms with E-state index in [0.29, 0.717) is 6.04 Å². The maximum absolute atomic E-state index is 4.42. The molecule has 0 spiro atoms. The van der Waals surface area contributed by atoms with Gasteiger partial charge in [0.2, 0.25) is 0 Å². The van der Waals surface area contributed by atoms with Gasteiger partial charge in [0, 0.05) is 24.0 Å². The Bertz CT molecular complexity index is 315. The van der Waals surface area contributed by atoms with Crippen LogP contribution in [0.25, 0.3) is 0 Å². The molecule has 2 rings (SSSR count). The minimum Gasteiger partial charge on any atom is -0.316 e. The number of thiazole rings is 1. The number of nitrogens with zero attached hydrogens (tertiary/aromatic N) is 1. The smallest absolute Gasteiger partial charge is 0.0940 e. The SMILES string of the molecule is CCCC1CCC(C(Cc2nccs2)NC)CC1. The zero-order chi connectivity index (χ0) is 12.8. The van der Waals surface area contributed by atoms with E-state index < -0.39 is 0 Å². The van der Waals surface area contributed by atoms with Gasteiger partial charge in [0.05, 0.1) is 5.01 Å². The van der Waals surface area contributed by atoms with Crippen molar-refractivity contribution in [1.29, 1.82) is 0 Å². The minimum atomic E-state index is 0.624. The average molecular weight is 266 g/mol. The minimum absolute atomic E-state index is 0.624. The van der Waals surface area contributed by atoms with E-state index in [1.807, 2.05) is 6.20 Å². The highest BCUT2D eigenvalue weighted by molar-refractivity contribution is 7.09. The van der Waals surface area contributed by atoms with Crippen molar-refractivity contribution in [3.05, 3.63) is 16.6 Å². The molecule has 1 saturated carbocycles. The topological polar surface area (TPSA) is 24.9 Å². The molecule has 18 heavy (non-hydrogen) atoms. The zero-order valence-corrected chi connectivity index (χ0v) is 12.5. The standard InChI is InChI=1S/C15H26N2S/c1-3-4-12-5-7-13(8-6-12)14(16-2)11-15-17-9-10-18-15/h9-10,12-14,16H,3-8,11H2,1-2H3. The highest BCUT2D eigenvalue weighted by Gasteiger charge is 2.26. The Labute approximate surface area is 115 Å². The molecular weight excluding hydrogens is 240 g/mol. The van der Waals surface area contributed by atoms with Gasteiger partial charge in [-0.15, -0.1) is 11.3 Å². The van der Waals surface area contributed by atoms with Crippen molar-refractivity contribution in [2.24, 2.45) is 11.8 Å². The quantitative estimate of drug-likeness (QED) is 0.845. The normalized spacial score (nSPS) is 26.1. The Morgan fingerprint density at radius 2 is 2.17 bits per heavy atom. The van der Waals surface area contributed by atoms with Crippen LogP contribution >= 0.6 is 11.3 Å². The van der Waals surface area contributed by atoms with Crippen molar-refractivity contribution in [3.8, 4) is 0 Å². The van der Waals surface area contributed by atoms with E-state index in [1.165, 1.54) is 43.5 Å². The zero-order valence-electron chi connectivity index (χ0n) is 11.7. The summed E-state index contributed by atoms with van der Waals surface area (Å²) in [5.41, 5.74) is 0. The molecule has 0 aromatic carbocycles. The van der Waals surface area contributed by atoms with Crippen LogP contribution in [-0.2, 0) is 6.42 Å². The van der Waals surface area contributed by atoms with Gasteiger partial charge < -0.3 is 5.32 Å². The Morgan fingerprint density at radius 3 is 2.72 bits per heavy atom. The van der Waals surface area contributed by atoms with Crippen molar-refractivity contribution in [3.63, 3.8) is 0 Å². The van der Waals surface area contributed by atoms with Gasteiger partial charge in [-0.3, -0.25) is 0 Å². The van der Waals surface area contributed by atoms with Crippen LogP contribution in [0, 0.1) is 11.8 Å². The molecular formula is C15H26N2S. The molecule has 1 heterocycles. The second-order valence-corrected chi connectivity index (χ2v) is 6.57. The third kappa shape index (κ3) is 3.79. The van der Waals surface area contributed by atoms with Crippen LogP contribution in [-0.4, -0.2) is 18.1 Å². The van der Waals surface area contributed by atoms with Crippen LogP contribution < -0.4 is 5.32 Å². The maximum Gasteiger partial charge on any atom is 0.0940 e. The molecule has 102 valence electrons. The van der Waals surface area contributed by atoms with E-state index in [4.69, 9.17) is 0 Å². The molecule has 1 aliphatic carbocycles. The molecule has 0 radical (unpaired) electrons. The first-order chi connectivity index (χ1) is 8.83. The van der Waals surface area contributed by atoms with Gasteiger partial charge in [-0.2, -0.15) is 0 Å². The Hall–Kier alpha value is -0.410. The van der Waals surface area contributed by atoms with E-state index in [9.17, 15) is 0 Å². The van der Waals surface area contributed by atoms with E-state index in [-0.39, 0.29) is 0 Å². The van der Waals surface area contributed by atoms with Crippen LogP contribution in [0.5, 0.6) is 0 Å². The highest BCUT2D eigenvalue weighted by atomic mass is 32.1. The fraction of sp³-hybridized carbons (Fsp3) is 0.800. The lowest BCUT2D eigenvalue weighted by Crippen LogP contribution is -2.37. The van der Waals surface area contributed by atoms with Crippen LogP contribution in [0.1, 0.15) is 50.5 Å². The van der Waals surface area contributed by atoms with Gasteiger partial charge in [0.1, 0.15) is 0 Å². The monoisotopic (exact) mass is 266 g/mol. The van der Waals surface area contributed by atoms with Gasteiger partial charge in [0.25, 0.3) is 0 Å². The van der Waals surface area contributed by atoms with E-state index in [2.05, 4.69) is 29.7 Å². The van der Waals surface area contributed by atoms with Crippen molar-refractivity contribution in [2.45, 2.75) is 57.9 Å². The summed E-state index contributed by atoms with van der Waals surface area (Å²) in [6, 6.07) is 0.624. The molecule has 1 aromatic rings. The molecule has 1 atom stereocenters. The summed E-state index contributed by atoms with van der Waals surface area (Å²) in [4.78, 5) is 4.42. The number of hydrogen-bond acceptors (Lipinski definition) is 3. The molecule has 0 aliphatic heterocycles. The molecule has 0 saturated heterocycles. The van der Waals surface area contributed by atoms with Crippen LogP contribution in [0.3, 0.4) is 0 Å². The Kier molecular flexibility index (Phi) is 5.64. The molecule has 1 unspecified atom stereocenters. The molecule has 1 aromatic heterocycles. The molecule has 1 fully saturated rings. The van der Waals surface area contributed by atoms with E-state index in [1.54, 1.807) is 11.3 Å². The molecule has 0 amide bonds. The van der Waals surface area contributed by atoms with Gasteiger partial charge in [-0.05, 0) is 31.7 Å². The van der Waals surface area contributed by atoms with Gasteiger partial charge in [0.15, 0.2) is 0 Å². The first kappa shape index (κ1) is 14.0. The number of rotatable bonds is 6. The number of aromatic nitrogens is 1. The summed E-state index contributed by atoms with van der Waals surface area (Å²) in [5.74, 6) is 1.86. The average Bonchev–Trinajstić information content (AvgIpc) is 2.90. The first-order valence-electron chi connectivity index (χ1n) is 7.39. The van der Waals surface area contributed by atoms with Crippen LogP contribution in [0.15, 0.2) is 11.6 Å². The summed E-state index contributed by atoms with van der Waals surface area (Å²) in [5, 5.41) is 6.89. The van der Waals surface area contributed by atoms with E-state index >= 15 is 0 Å². The van der Waals surface area contributed by atoms with Crippen molar-refractivity contribution >= 4 is 11.3 Å². The van der Waals surface area contributed by atoms with Crippen molar-refractivity contribution < 1.29 is 0 Å². The summed E-state index contributed by atoms with van der Waals surface area (Å²) < 4.78 is 0. The van der Waals surface area contributed by atoms with Gasteiger partial charge in [-0.1, -0.05) is 32.6 Å². The first-order valence-corrected chi connectivity index (χ1v) is 8.27. The second kappa shape index (κ2) is 7.25. The highest BCUT2D eigenvalue weighted by Crippen LogP contribution is 2.34. The predicted molar refractivity (Wildman–Crippen MR) is 79.0 cm³/mol. The molecule has 1 N–H and O–H groups in total. The predicted octanol–water partition coefficient (Wildman–Crippen LogP) is 3.88. The lowest BCUT2D eigenvalue weighted by atomic mass is 9.76. The number of nitrogens with one attached hydrogen (secondary N) is 1. The third-order valence-electron chi connectivity index (χ3n) is 4.41. The fourth-order valence-corrected chi connectivity index (χ4v) is 4.01. The summed E-state index contributed by atoms with van der Waals surface area (Å²) in [6.45, 7) is 2.31. The lowest BCUT2D eigenvalue weighted by molar-refractivity contribution is 0.217. The van der Waals surface area contributed by atoms with Crippen LogP contribution in [0.4, 0.5) is 0 Å². The largest absolute Gasteiger partial charge is 0.316 e. The number of likely N-dealkylation sites (N-methyl/N-ethyl adjacent to an activating group) is 1. The maximum atomic E-state index is 4.42. The third-order valence-corrected chi connectivity index (χ3v) is 5.21. The van der Waals surface area contributed by atoms with E-state index in [0.717, 1.165) is 18.3 Å². The summed E-state index contributed by atoms with van der Waals surface area (Å²) in [7, 11) is 2.11. The van der Waals surface area contributed by atoms with Crippen molar-refractivity contribution in [2.75, 3.05) is 7.05 Å². The second-order valence-electron chi connectivity index (χ2n) is 5.59. The van der Waals surface area contributed by atoms with Gasteiger partial charge >= 0.3 is 0 Å². The lowest BCUT2D eigenvalue weighted by Gasteiger charge is -2.33. The molecule has 0 bridgehead atoms. The molecule has 3 heteroatoms. The van der Waals surface area contributed by atoms with Crippen LogP contribution in [0.2, 0.25) is 0 Å². The molecule has 1 aliphatic rings. The summed E-state index contributed by atoms with van der Waals surface area (Å²) >= 11 is 1.79. The Balaban J connectivity index is 1.82. The van der Waals surface area contributed by atoms with Gasteiger partial charge in [-0.25, -0.2) is 4.98 Å². The Morgan fingerprint density at radius 1 is 1.39 bits per heavy atom. The fourth-order valence-electron chi connectivity index (χ4n) is 3.33. The number of hydrogen-bond donors (Lipinski definition) is 1. The van der Waals surface area contributed by atoms with Crippen molar-refractivity contribution in [1.82, 2.24) is 10.3 Å². The summed E-state index contributed by atoms with van der Waals surface area (Å²) in [6.07, 6.45) is 11.5. The molecule has 2 nitrogen and oxygen atoms in total.